The highest BCUT2D eigenvalue weighted by Gasteiger charge is 2.32. The highest BCUT2D eigenvalue weighted by atomic mass is 32.1. The van der Waals surface area contributed by atoms with Gasteiger partial charge in [-0.2, -0.15) is 4.98 Å². The first kappa shape index (κ1) is 14.6. The summed E-state index contributed by atoms with van der Waals surface area (Å²) < 4.78 is 0. The van der Waals surface area contributed by atoms with Gasteiger partial charge in [-0.1, -0.05) is 20.3 Å². The molecule has 0 saturated heterocycles. The van der Waals surface area contributed by atoms with E-state index in [2.05, 4.69) is 47.4 Å². The van der Waals surface area contributed by atoms with E-state index in [-0.39, 0.29) is 0 Å². The molecular weight excluding hydrogens is 280 g/mol. The van der Waals surface area contributed by atoms with Crippen LogP contribution in [0.1, 0.15) is 38.0 Å². The molecule has 3 atom stereocenters. The molecule has 5 heteroatoms. The van der Waals surface area contributed by atoms with E-state index in [1.165, 1.54) is 24.1 Å². The van der Waals surface area contributed by atoms with E-state index in [9.17, 15) is 0 Å². The van der Waals surface area contributed by atoms with Gasteiger partial charge in [-0.25, -0.2) is 4.98 Å². The lowest BCUT2D eigenvalue weighted by atomic mass is 9.93. The van der Waals surface area contributed by atoms with Crippen LogP contribution >= 0.6 is 11.3 Å². The molecule has 3 rings (SSSR count). The average molecular weight is 304 g/mol. The minimum atomic E-state index is 0.526. The highest BCUT2D eigenvalue weighted by molar-refractivity contribution is 7.18. The number of nitrogens with one attached hydrogen (secondary N) is 2. The van der Waals surface area contributed by atoms with Gasteiger partial charge in [0.25, 0.3) is 0 Å². The fraction of sp³-hybridized carbons (Fsp3) is 0.625. The monoisotopic (exact) mass is 304 g/mol. The fourth-order valence-corrected chi connectivity index (χ4v) is 4.35. The van der Waals surface area contributed by atoms with Crippen LogP contribution in [0.25, 0.3) is 10.2 Å². The predicted molar refractivity (Wildman–Crippen MR) is 91.3 cm³/mol. The van der Waals surface area contributed by atoms with Crippen LogP contribution in [-0.4, -0.2) is 23.1 Å². The number of hydrogen-bond donors (Lipinski definition) is 2. The molecule has 1 fully saturated rings. The molecule has 2 N–H and O–H groups in total. The molecule has 114 valence electrons. The first-order valence-electron chi connectivity index (χ1n) is 7.84. The normalized spacial score (nSPS) is 25.4. The summed E-state index contributed by atoms with van der Waals surface area (Å²) in [6.07, 6.45) is 3.84. The maximum absolute atomic E-state index is 4.65. The molecule has 0 bridgehead atoms. The van der Waals surface area contributed by atoms with Gasteiger partial charge >= 0.3 is 0 Å². The zero-order valence-electron chi connectivity index (χ0n) is 13.2. The van der Waals surface area contributed by atoms with Crippen LogP contribution in [0.3, 0.4) is 0 Å². The number of anilines is 2. The first-order valence-corrected chi connectivity index (χ1v) is 8.66. The molecule has 1 aliphatic rings. The van der Waals surface area contributed by atoms with Crippen LogP contribution < -0.4 is 10.6 Å². The van der Waals surface area contributed by atoms with Gasteiger partial charge in [0.2, 0.25) is 5.95 Å². The second-order valence-electron chi connectivity index (χ2n) is 6.08. The number of rotatable bonds is 4. The average Bonchev–Trinajstić information content (AvgIpc) is 3.01. The molecule has 1 aliphatic carbocycles. The van der Waals surface area contributed by atoms with Crippen molar-refractivity contribution in [3.8, 4) is 0 Å². The molecule has 2 heterocycles. The number of aromatic nitrogens is 2. The Morgan fingerprint density at radius 3 is 2.81 bits per heavy atom. The summed E-state index contributed by atoms with van der Waals surface area (Å²) in [5.41, 5.74) is 0. The quantitative estimate of drug-likeness (QED) is 0.885. The topological polar surface area (TPSA) is 49.8 Å². The Kier molecular flexibility index (Phi) is 4.02. The summed E-state index contributed by atoms with van der Waals surface area (Å²) in [4.78, 5) is 11.6. The van der Waals surface area contributed by atoms with Gasteiger partial charge in [0.15, 0.2) is 0 Å². The van der Waals surface area contributed by atoms with Crippen molar-refractivity contribution in [2.45, 2.75) is 46.1 Å². The Labute approximate surface area is 130 Å². The van der Waals surface area contributed by atoms with E-state index in [0.29, 0.717) is 17.9 Å². The molecule has 3 unspecified atom stereocenters. The zero-order valence-corrected chi connectivity index (χ0v) is 14.0. The number of fused-ring (bicyclic) bond motifs is 1. The maximum atomic E-state index is 4.65. The molecular formula is C16H24N4S. The van der Waals surface area contributed by atoms with Crippen molar-refractivity contribution < 1.29 is 0 Å². The van der Waals surface area contributed by atoms with Crippen LogP contribution in [0, 0.1) is 18.8 Å². The zero-order chi connectivity index (χ0) is 15.0. The number of thiophene rings is 1. The van der Waals surface area contributed by atoms with E-state index in [1.54, 1.807) is 11.3 Å². The predicted octanol–water partition coefficient (Wildman–Crippen LogP) is 4.28. The summed E-state index contributed by atoms with van der Waals surface area (Å²) >= 11 is 1.73. The molecule has 4 nitrogen and oxygen atoms in total. The Morgan fingerprint density at radius 2 is 2.14 bits per heavy atom. The van der Waals surface area contributed by atoms with E-state index in [4.69, 9.17) is 0 Å². The summed E-state index contributed by atoms with van der Waals surface area (Å²) in [5.74, 6) is 3.23. The minimum Gasteiger partial charge on any atom is -0.366 e. The molecule has 21 heavy (non-hydrogen) atoms. The van der Waals surface area contributed by atoms with E-state index >= 15 is 0 Å². The molecule has 2 aromatic rings. The standard InChI is InChI=1S/C16H24N4S/c1-5-11-6-7-13(10(11)3)18-14-12-8-9(2)21-15(12)20-16(17-4)19-14/h8,10-11,13H,5-7H2,1-4H3,(H2,17,18,19,20). The molecule has 0 amide bonds. The lowest BCUT2D eigenvalue weighted by Gasteiger charge is -2.22. The van der Waals surface area contributed by atoms with Crippen molar-refractivity contribution in [1.82, 2.24) is 9.97 Å². The fourth-order valence-electron chi connectivity index (χ4n) is 3.47. The smallest absolute Gasteiger partial charge is 0.225 e. The van der Waals surface area contributed by atoms with Crippen LogP contribution in [0.4, 0.5) is 11.8 Å². The second kappa shape index (κ2) is 5.79. The number of nitrogens with zero attached hydrogens (tertiary/aromatic N) is 2. The molecule has 0 aromatic carbocycles. The Morgan fingerprint density at radius 1 is 1.33 bits per heavy atom. The van der Waals surface area contributed by atoms with Crippen LogP contribution in [0.5, 0.6) is 0 Å². The van der Waals surface area contributed by atoms with Gasteiger partial charge in [0, 0.05) is 18.0 Å². The molecule has 0 aliphatic heterocycles. The van der Waals surface area contributed by atoms with E-state index in [0.717, 1.165) is 22.0 Å². The van der Waals surface area contributed by atoms with Gasteiger partial charge in [0.1, 0.15) is 10.6 Å². The van der Waals surface area contributed by atoms with Crippen molar-refractivity contribution in [3.63, 3.8) is 0 Å². The van der Waals surface area contributed by atoms with E-state index in [1.807, 2.05) is 7.05 Å². The summed E-state index contributed by atoms with van der Waals surface area (Å²) in [7, 11) is 1.87. The third kappa shape index (κ3) is 2.71. The van der Waals surface area contributed by atoms with Crippen LogP contribution in [0.2, 0.25) is 0 Å². The van der Waals surface area contributed by atoms with Crippen molar-refractivity contribution in [2.75, 3.05) is 17.7 Å². The third-order valence-corrected chi connectivity index (χ3v) is 5.76. The molecule has 0 radical (unpaired) electrons. The van der Waals surface area contributed by atoms with Gasteiger partial charge in [-0.05, 0) is 37.7 Å². The Balaban J connectivity index is 1.92. The molecule has 2 aromatic heterocycles. The van der Waals surface area contributed by atoms with Gasteiger partial charge in [0.05, 0.1) is 5.39 Å². The van der Waals surface area contributed by atoms with Gasteiger partial charge < -0.3 is 10.6 Å². The van der Waals surface area contributed by atoms with Crippen molar-refractivity contribution in [2.24, 2.45) is 11.8 Å². The SMILES string of the molecule is CCC1CCC(Nc2nc(NC)nc3sc(C)cc23)C1C. The lowest BCUT2D eigenvalue weighted by Crippen LogP contribution is -2.25. The van der Waals surface area contributed by atoms with Crippen molar-refractivity contribution >= 4 is 33.3 Å². The lowest BCUT2D eigenvalue weighted by molar-refractivity contribution is 0.391. The number of aryl methyl sites for hydroxylation is 1. The van der Waals surface area contributed by atoms with E-state index < -0.39 is 0 Å². The largest absolute Gasteiger partial charge is 0.366 e. The molecule has 0 spiro atoms. The Hall–Kier alpha value is -1.36. The van der Waals surface area contributed by atoms with Crippen LogP contribution in [-0.2, 0) is 0 Å². The van der Waals surface area contributed by atoms with Crippen molar-refractivity contribution in [1.29, 1.82) is 0 Å². The van der Waals surface area contributed by atoms with Gasteiger partial charge in [-0.15, -0.1) is 11.3 Å². The highest BCUT2D eigenvalue weighted by Crippen LogP contribution is 2.37. The number of hydrogen-bond acceptors (Lipinski definition) is 5. The second-order valence-corrected chi connectivity index (χ2v) is 7.31. The third-order valence-electron chi connectivity index (χ3n) is 4.81. The minimum absolute atomic E-state index is 0.526. The van der Waals surface area contributed by atoms with Crippen molar-refractivity contribution in [3.05, 3.63) is 10.9 Å². The van der Waals surface area contributed by atoms with Gasteiger partial charge in [-0.3, -0.25) is 0 Å². The molecule has 1 saturated carbocycles. The maximum Gasteiger partial charge on any atom is 0.225 e. The summed E-state index contributed by atoms with van der Waals surface area (Å²) in [6, 6.07) is 2.72. The summed E-state index contributed by atoms with van der Waals surface area (Å²) in [5, 5.41) is 7.93. The summed E-state index contributed by atoms with van der Waals surface area (Å²) in [6.45, 7) is 6.79. The first-order chi connectivity index (χ1) is 10.1. The Bertz CT molecular complexity index is 636. The van der Waals surface area contributed by atoms with Crippen LogP contribution in [0.15, 0.2) is 6.07 Å².